The Kier molecular flexibility index (Phi) is 9.65. The molecule has 1 aliphatic heterocycles. The van der Waals surface area contributed by atoms with Gasteiger partial charge >= 0.3 is 18.9 Å². The molecule has 0 radical (unpaired) electrons. The van der Waals surface area contributed by atoms with Crippen LogP contribution in [0, 0.1) is 0 Å². The van der Waals surface area contributed by atoms with Crippen molar-refractivity contribution >= 4 is 28.1 Å². The van der Waals surface area contributed by atoms with Crippen molar-refractivity contribution in [2.24, 2.45) is 0 Å². The summed E-state index contributed by atoms with van der Waals surface area (Å²) in [7, 11) is -0.674. The van der Waals surface area contributed by atoms with Gasteiger partial charge in [-0.2, -0.15) is 0 Å². The molecule has 0 bridgehead atoms. The zero-order valence-corrected chi connectivity index (χ0v) is 18.8. The van der Waals surface area contributed by atoms with Crippen molar-refractivity contribution in [1.29, 1.82) is 0 Å². The van der Waals surface area contributed by atoms with Gasteiger partial charge in [0, 0.05) is 25.2 Å². The number of pyridine rings is 1. The van der Waals surface area contributed by atoms with Crippen LogP contribution in [0.2, 0.25) is 39.3 Å². The second kappa shape index (κ2) is 9.90. The Morgan fingerprint density at radius 2 is 1.80 bits per heavy atom. The summed E-state index contributed by atoms with van der Waals surface area (Å²) in [5.41, 5.74) is 0.613. The first-order chi connectivity index (χ1) is 10.9. The predicted octanol–water partition coefficient (Wildman–Crippen LogP) is 0.222. The fourth-order valence-electron chi connectivity index (χ4n) is 2.66. The Labute approximate surface area is 165 Å². The third-order valence-corrected chi connectivity index (χ3v) is 8.49. The third-order valence-electron chi connectivity index (χ3n) is 3.12. The number of carbonyl (C=O) groups excluding carboxylic acids is 1. The van der Waals surface area contributed by atoms with Crippen LogP contribution in [0.3, 0.4) is 0 Å². The third kappa shape index (κ3) is 8.53. The fraction of sp³-hybridized carbons (Fsp3) is 0.625. The molecule has 1 aromatic rings. The number of amides is 1. The van der Waals surface area contributed by atoms with Crippen LogP contribution < -0.4 is 28.5 Å². The summed E-state index contributed by atoms with van der Waals surface area (Å²) >= 11 is 0. The van der Waals surface area contributed by atoms with Crippen LogP contribution in [0.4, 0.5) is 5.69 Å². The van der Waals surface area contributed by atoms with Crippen LogP contribution in [-0.2, 0) is 4.79 Å². The zero-order valence-electron chi connectivity index (χ0n) is 16.8. The number of aromatic nitrogens is 1. The SMILES string of the molecule is COc1ccncc1N1CCC(O)C1=O.C[Si](C)(C)[N-][Si](C)(C)C.[Li+]. The van der Waals surface area contributed by atoms with Gasteiger partial charge in [-0.15, -0.1) is 0 Å². The maximum absolute atomic E-state index is 11.6. The van der Waals surface area contributed by atoms with Gasteiger partial charge in [-0.25, -0.2) is 0 Å². The predicted molar refractivity (Wildman–Crippen MR) is 104 cm³/mol. The molecule has 1 aromatic heterocycles. The molecule has 25 heavy (non-hydrogen) atoms. The van der Waals surface area contributed by atoms with Gasteiger partial charge in [0.05, 0.1) is 13.3 Å². The summed E-state index contributed by atoms with van der Waals surface area (Å²) in [6.07, 6.45) is 2.72. The van der Waals surface area contributed by atoms with Gasteiger partial charge in [0.15, 0.2) is 0 Å². The number of rotatable bonds is 4. The van der Waals surface area contributed by atoms with Gasteiger partial charge in [0.25, 0.3) is 5.91 Å². The van der Waals surface area contributed by atoms with E-state index in [2.05, 4.69) is 44.3 Å². The molecule has 2 heterocycles. The van der Waals surface area contributed by atoms with Crippen LogP contribution in [0.25, 0.3) is 4.65 Å². The van der Waals surface area contributed by atoms with Crippen molar-refractivity contribution in [3.8, 4) is 5.75 Å². The Morgan fingerprint density at radius 3 is 2.16 bits per heavy atom. The first-order valence-corrected chi connectivity index (χ1v) is 15.1. The average molecular weight is 376 g/mol. The van der Waals surface area contributed by atoms with Crippen molar-refractivity contribution < 1.29 is 33.5 Å². The van der Waals surface area contributed by atoms with Gasteiger partial charge < -0.3 is 19.4 Å². The van der Waals surface area contributed by atoms with E-state index in [-0.39, 0.29) is 24.8 Å². The molecule has 9 heteroatoms. The molecule has 136 valence electrons. The second-order valence-corrected chi connectivity index (χ2v) is 17.4. The van der Waals surface area contributed by atoms with Crippen molar-refractivity contribution in [3.05, 3.63) is 23.1 Å². The number of ether oxygens (including phenoxy) is 1. The fourth-order valence-corrected chi connectivity index (χ4v) is 10.7. The molecule has 1 amide bonds. The Bertz CT molecular complexity index is 550. The summed E-state index contributed by atoms with van der Waals surface area (Å²) in [6, 6.07) is 1.69. The molecule has 0 saturated carbocycles. The van der Waals surface area contributed by atoms with E-state index >= 15 is 0 Å². The van der Waals surface area contributed by atoms with Gasteiger partial charge in [-0.05, 0) is 0 Å². The molecule has 0 aliphatic carbocycles. The molecule has 1 fully saturated rings. The van der Waals surface area contributed by atoms with Gasteiger partial charge in [-0.1, -0.05) is 55.8 Å². The number of hydrogen-bond acceptors (Lipinski definition) is 4. The van der Waals surface area contributed by atoms with Gasteiger partial charge in [0.2, 0.25) is 0 Å². The van der Waals surface area contributed by atoms with E-state index in [0.29, 0.717) is 24.4 Å². The van der Waals surface area contributed by atoms with E-state index in [0.717, 1.165) is 0 Å². The standard InChI is InChI=1S/C10H12N2O3.C6H18NSi2.Li/c1-15-9-2-4-11-6-7(9)12-5-3-8(13)10(12)14;1-8(2,3)7-9(4,5)6;/h2,4,6,8,13H,3,5H2,1H3;1-6H3;/q;-1;+1. The molecule has 2 rings (SSSR count). The maximum Gasteiger partial charge on any atom is 1.00 e. The number of methoxy groups -OCH3 is 1. The summed E-state index contributed by atoms with van der Waals surface area (Å²) in [4.78, 5) is 17.0. The molecular formula is C16H30LiN3O3Si2. The van der Waals surface area contributed by atoms with Crippen LogP contribution >= 0.6 is 0 Å². The van der Waals surface area contributed by atoms with Crippen LogP contribution in [0.1, 0.15) is 6.42 Å². The summed E-state index contributed by atoms with van der Waals surface area (Å²) in [5.74, 6) is 0.300. The molecule has 1 aliphatic rings. The van der Waals surface area contributed by atoms with Crippen LogP contribution in [-0.4, -0.2) is 52.2 Å². The Hall–Kier alpha value is -0.629. The molecular weight excluding hydrogens is 345 g/mol. The molecule has 1 N–H and O–H groups in total. The van der Waals surface area contributed by atoms with Crippen molar-refractivity contribution in [2.75, 3.05) is 18.6 Å². The molecule has 1 unspecified atom stereocenters. The van der Waals surface area contributed by atoms with E-state index in [1.807, 2.05) is 0 Å². The number of nitrogens with zero attached hydrogens (tertiary/aromatic N) is 3. The molecule has 6 nitrogen and oxygen atoms in total. The van der Waals surface area contributed by atoms with Crippen LogP contribution in [0.15, 0.2) is 18.5 Å². The minimum atomic E-state index is -1.11. The number of aliphatic hydroxyl groups excluding tert-OH is 1. The molecule has 1 atom stereocenters. The topological polar surface area (TPSA) is 76.8 Å². The monoisotopic (exact) mass is 375 g/mol. The van der Waals surface area contributed by atoms with E-state index in [1.54, 1.807) is 18.5 Å². The number of anilines is 1. The first kappa shape index (κ1) is 24.4. The molecule has 0 aromatic carbocycles. The molecule has 1 saturated heterocycles. The molecule has 0 spiro atoms. The average Bonchev–Trinajstić information content (AvgIpc) is 2.75. The van der Waals surface area contributed by atoms with E-state index in [1.165, 1.54) is 12.0 Å². The summed E-state index contributed by atoms with van der Waals surface area (Å²) in [5, 5.41) is 9.34. The van der Waals surface area contributed by atoms with Gasteiger partial charge in [0.1, 0.15) is 17.5 Å². The quantitative estimate of drug-likeness (QED) is 0.764. The largest absolute Gasteiger partial charge is 1.00 e. The first-order valence-electron chi connectivity index (χ1n) is 8.16. The van der Waals surface area contributed by atoms with Crippen molar-refractivity contribution in [3.63, 3.8) is 0 Å². The number of carbonyl (C=O) groups is 1. The normalized spacial score (nSPS) is 17.5. The van der Waals surface area contributed by atoms with E-state index < -0.39 is 22.6 Å². The minimum Gasteiger partial charge on any atom is -0.668 e. The van der Waals surface area contributed by atoms with Crippen molar-refractivity contribution in [2.45, 2.75) is 51.8 Å². The number of hydrogen-bond donors (Lipinski definition) is 1. The van der Waals surface area contributed by atoms with Crippen molar-refractivity contribution in [1.82, 2.24) is 4.98 Å². The summed E-state index contributed by atoms with van der Waals surface area (Å²) < 4.78 is 9.95. The number of aliphatic hydroxyl groups is 1. The van der Waals surface area contributed by atoms with E-state index in [4.69, 9.17) is 9.38 Å². The Morgan fingerprint density at radius 1 is 1.24 bits per heavy atom. The second-order valence-electron chi connectivity index (χ2n) is 7.80. The van der Waals surface area contributed by atoms with E-state index in [9.17, 15) is 9.90 Å². The van der Waals surface area contributed by atoms with Gasteiger partial charge in [-0.3, -0.25) is 9.78 Å². The summed E-state index contributed by atoms with van der Waals surface area (Å²) in [6.45, 7) is 14.3. The zero-order chi connectivity index (χ0) is 18.5. The smallest absolute Gasteiger partial charge is 0.668 e. The van der Waals surface area contributed by atoms with Crippen LogP contribution in [0.5, 0.6) is 5.75 Å². The Balaban J connectivity index is 0.000000504. The minimum absolute atomic E-state index is 0. The maximum atomic E-state index is 11.6.